The van der Waals surface area contributed by atoms with Crippen LogP contribution in [0, 0.1) is 11.3 Å². The van der Waals surface area contributed by atoms with Gasteiger partial charge in [0.15, 0.2) is 0 Å². The van der Waals surface area contributed by atoms with E-state index in [0.717, 1.165) is 62.6 Å². The van der Waals surface area contributed by atoms with Gasteiger partial charge in [-0.05, 0) is 63.2 Å². The average molecular weight is 463 g/mol. The number of aromatic nitrogens is 1. The maximum absolute atomic E-state index is 12.7. The first-order valence-corrected chi connectivity index (χ1v) is 11.3. The number of carbonyl (C=O) groups excluding carboxylic acids is 1. The van der Waals surface area contributed by atoms with Gasteiger partial charge in [-0.15, -0.1) is 0 Å². The van der Waals surface area contributed by atoms with E-state index in [9.17, 15) is 13.6 Å². The summed E-state index contributed by atoms with van der Waals surface area (Å²) >= 11 is 0. The summed E-state index contributed by atoms with van der Waals surface area (Å²) in [5.41, 5.74) is 7.56. The third-order valence-corrected chi connectivity index (χ3v) is 5.28. The van der Waals surface area contributed by atoms with Gasteiger partial charge in [-0.3, -0.25) is 0 Å². The predicted octanol–water partition coefficient (Wildman–Crippen LogP) is 3.39. The Bertz CT molecular complexity index is 854. The summed E-state index contributed by atoms with van der Waals surface area (Å²) in [6, 6.07) is 5.98. The first-order chi connectivity index (χ1) is 16.0. The van der Waals surface area contributed by atoms with Crippen molar-refractivity contribution in [2.75, 3.05) is 31.5 Å². The predicted molar refractivity (Wildman–Crippen MR) is 123 cm³/mol. The lowest BCUT2D eigenvalue weighted by atomic mass is 10.1. The molecule has 8 nitrogen and oxygen atoms in total. The van der Waals surface area contributed by atoms with Gasteiger partial charge in [0.25, 0.3) is 0 Å². The average Bonchev–Trinajstić information content (AvgIpc) is 2.82. The molecule has 0 atom stereocenters. The molecular weight excluding hydrogens is 430 g/mol. The Hall–Kier alpha value is -3.06. The van der Waals surface area contributed by atoms with Crippen molar-refractivity contribution in [1.29, 1.82) is 5.26 Å². The van der Waals surface area contributed by atoms with Crippen molar-refractivity contribution < 1.29 is 18.4 Å². The van der Waals surface area contributed by atoms with Crippen LogP contribution in [-0.2, 0) is 22.5 Å². The number of fused-ring (bicyclic) bond motifs is 1. The zero-order valence-corrected chi connectivity index (χ0v) is 18.8. The first-order valence-electron chi connectivity index (χ1n) is 11.3. The third-order valence-electron chi connectivity index (χ3n) is 5.28. The Morgan fingerprint density at radius 3 is 2.91 bits per heavy atom. The van der Waals surface area contributed by atoms with Gasteiger partial charge >= 0.3 is 5.97 Å². The summed E-state index contributed by atoms with van der Waals surface area (Å²) in [6.07, 6.45) is 4.90. The highest BCUT2D eigenvalue weighted by Gasteiger charge is 2.12. The summed E-state index contributed by atoms with van der Waals surface area (Å²) in [5.74, 6) is 0.429. The molecule has 0 spiro atoms. The number of allylic oxidation sites excluding steroid dienone is 1. The van der Waals surface area contributed by atoms with Crippen LogP contribution in [0.2, 0.25) is 0 Å². The SMILES string of the molecule is N#CC(/C=N/OC(=O)CCCN(CCCCc1ccc2c(n1)NCCC2)CCC(F)F)=C/N. The van der Waals surface area contributed by atoms with Crippen LogP contribution in [0.15, 0.2) is 29.1 Å². The van der Waals surface area contributed by atoms with Gasteiger partial charge < -0.3 is 20.8 Å². The van der Waals surface area contributed by atoms with Crippen molar-refractivity contribution in [3.63, 3.8) is 0 Å². The minimum atomic E-state index is -2.36. The molecular formula is C23H32F2N6O2. The van der Waals surface area contributed by atoms with Crippen molar-refractivity contribution >= 4 is 18.0 Å². The van der Waals surface area contributed by atoms with E-state index in [2.05, 4.69) is 32.4 Å². The fraction of sp³-hybridized carbons (Fsp3) is 0.565. The maximum Gasteiger partial charge on any atom is 0.335 e. The second kappa shape index (κ2) is 14.9. The summed E-state index contributed by atoms with van der Waals surface area (Å²) in [6.45, 7) is 2.42. The number of carbonyl (C=O) groups is 1. The number of oxime groups is 1. The standard InChI is InChI=1S/C23H32F2N6O2/c24-21(25)10-14-31(13-4-7-22(32)33-29-17-18(15-26)16-27)12-2-1-6-20-9-8-19-5-3-11-28-23(19)30-20/h8-9,15,17,21H,1-7,10-14,26H2,(H,28,30)/b18-15-,29-17+. The topological polar surface area (TPSA) is 117 Å². The van der Waals surface area contributed by atoms with E-state index in [0.29, 0.717) is 19.5 Å². The van der Waals surface area contributed by atoms with Gasteiger partial charge in [0.2, 0.25) is 6.43 Å². The Morgan fingerprint density at radius 2 is 2.15 bits per heavy atom. The van der Waals surface area contributed by atoms with Gasteiger partial charge in [0, 0.05) is 37.8 Å². The number of aryl methyl sites for hydroxylation is 2. The number of nitrogens with one attached hydrogen (secondary N) is 1. The number of nitrogens with zero attached hydrogens (tertiary/aromatic N) is 4. The fourth-order valence-corrected chi connectivity index (χ4v) is 3.51. The summed E-state index contributed by atoms with van der Waals surface area (Å²) in [7, 11) is 0. The summed E-state index contributed by atoms with van der Waals surface area (Å²) in [4.78, 5) is 23.1. The number of hydrogen-bond acceptors (Lipinski definition) is 8. The van der Waals surface area contributed by atoms with Gasteiger partial charge in [0.1, 0.15) is 11.9 Å². The molecule has 1 aliphatic heterocycles. The highest BCUT2D eigenvalue weighted by atomic mass is 19.3. The van der Waals surface area contributed by atoms with E-state index >= 15 is 0 Å². The van der Waals surface area contributed by atoms with Gasteiger partial charge in [0.05, 0.1) is 11.8 Å². The number of unbranched alkanes of at least 4 members (excludes halogenated alkanes) is 1. The molecule has 0 saturated heterocycles. The second-order valence-corrected chi connectivity index (χ2v) is 7.85. The molecule has 2 rings (SSSR count). The minimum absolute atomic E-state index is 0.0721. The summed E-state index contributed by atoms with van der Waals surface area (Å²) in [5, 5.41) is 15.4. The van der Waals surface area contributed by atoms with E-state index in [1.807, 2.05) is 4.90 Å². The third kappa shape index (κ3) is 10.4. The van der Waals surface area contributed by atoms with Crippen molar-refractivity contribution in [2.24, 2.45) is 10.9 Å². The molecule has 0 saturated carbocycles. The van der Waals surface area contributed by atoms with Gasteiger partial charge in [-0.2, -0.15) is 5.26 Å². The number of hydrogen-bond donors (Lipinski definition) is 2. The molecule has 1 aliphatic rings. The maximum atomic E-state index is 12.7. The molecule has 0 radical (unpaired) electrons. The molecule has 0 aromatic carbocycles. The number of nitrogens with two attached hydrogens (primary N) is 1. The van der Waals surface area contributed by atoms with E-state index in [1.165, 1.54) is 5.56 Å². The quantitative estimate of drug-likeness (QED) is 0.143. The molecule has 1 aromatic rings. The van der Waals surface area contributed by atoms with Crippen LogP contribution in [0.5, 0.6) is 0 Å². The molecule has 2 heterocycles. The minimum Gasteiger partial charge on any atom is -0.403 e. The van der Waals surface area contributed by atoms with Crippen LogP contribution in [0.3, 0.4) is 0 Å². The van der Waals surface area contributed by atoms with Gasteiger partial charge in [-0.25, -0.2) is 18.6 Å². The Kier molecular flexibility index (Phi) is 11.8. The van der Waals surface area contributed by atoms with E-state index in [-0.39, 0.29) is 25.0 Å². The highest BCUT2D eigenvalue weighted by molar-refractivity contribution is 5.83. The second-order valence-electron chi connectivity index (χ2n) is 7.85. The van der Waals surface area contributed by atoms with Crippen LogP contribution in [0.4, 0.5) is 14.6 Å². The van der Waals surface area contributed by atoms with Crippen molar-refractivity contribution in [3.05, 3.63) is 35.2 Å². The molecule has 33 heavy (non-hydrogen) atoms. The Balaban J connectivity index is 1.71. The normalized spacial score (nSPS) is 13.7. The molecule has 0 unspecified atom stereocenters. The first kappa shape index (κ1) is 26.2. The molecule has 1 aromatic heterocycles. The lowest BCUT2D eigenvalue weighted by Gasteiger charge is -2.22. The number of anilines is 1. The van der Waals surface area contributed by atoms with Crippen LogP contribution in [0.1, 0.15) is 49.8 Å². The molecule has 0 fully saturated rings. The van der Waals surface area contributed by atoms with Crippen LogP contribution < -0.4 is 11.1 Å². The molecule has 0 bridgehead atoms. The fourth-order valence-electron chi connectivity index (χ4n) is 3.51. The number of alkyl halides is 2. The molecule has 180 valence electrons. The van der Waals surface area contributed by atoms with Gasteiger partial charge in [-0.1, -0.05) is 11.2 Å². The van der Waals surface area contributed by atoms with Crippen LogP contribution >= 0.6 is 0 Å². The largest absolute Gasteiger partial charge is 0.403 e. The number of rotatable bonds is 14. The smallest absolute Gasteiger partial charge is 0.335 e. The monoisotopic (exact) mass is 462 g/mol. The zero-order chi connectivity index (χ0) is 23.9. The number of pyridine rings is 1. The molecule has 0 amide bonds. The zero-order valence-electron chi connectivity index (χ0n) is 18.8. The van der Waals surface area contributed by atoms with E-state index in [1.54, 1.807) is 6.07 Å². The van der Waals surface area contributed by atoms with Crippen molar-refractivity contribution in [2.45, 2.75) is 57.8 Å². The Morgan fingerprint density at radius 1 is 1.33 bits per heavy atom. The molecule has 0 aliphatic carbocycles. The lowest BCUT2D eigenvalue weighted by molar-refractivity contribution is -0.143. The van der Waals surface area contributed by atoms with E-state index < -0.39 is 12.4 Å². The number of nitriles is 1. The molecule has 3 N–H and O–H groups in total. The lowest BCUT2D eigenvalue weighted by Crippen LogP contribution is -2.29. The van der Waals surface area contributed by atoms with Crippen molar-refractivity contribution in [3.8, 4) is 6.07 Å². The van der Waals surface area contributed by atoms with Crippen LogP contribution in [-0.4, -0.2) is 54.7 Å². The summed E-state index contributed by atoms with van der Waals surface area (Å²) < 4.78 is 25.4. The van der Waals surface area contributed by atoms with Crippen molar-refractivity contribution in [1.82, 2.24) is 9.88 Å². The van der Waals surface area contributed by atoms with Crippen LogP contribution in [0.25, 0.3) is 0 Å². The Labute approximate surface area is 193 Å². The van der Waals surface area contributed by atoms with E-state index in [4.69, 9.17) is 11.0 Å². The highest BCUT2D eigenvalue weighted by Crippen LogP contribution is 2.20. The number of halogens is 2. The molecule has 10 heteroatoms.